The number of amides is 2. The first-order valence-corrected chi connectivity index (χ1v) is 8.77. The van der Waals surface area contributed by atoms with E-state index in [9.17, 15) is 9.59 Å². The zero-order valence-electron chi connectivity index (χ0n) is 13.0. The molecular formula is C16H19BrClN3O2S. The molecule has 2 rings (SSSR count). The summed E-state index contributed by atoms with van der Waals surface area (Å²) in [5, 5.41) is 5.54. The number of rotatable bonds is 6. The van der Waals surface area contributed by atoms with Crippen LogP contribution in [-0.4, -0.2) is 24.9 Å². The number of carbonyl (C=O) groups excluding carboxylic acids is 2. The molecule has 1 unspecified atom stereocenters. The van der Waals surface area contributed by atoms with Crippen molar-refractivity contribution in [2.45, 2.75) is 12.8 Å². The lowest BCUT2D eigenvalue weighted by atomic mass is 10.1. The Labute approximate surface area is 159 Å². The second-order valence-corrected chi connectivity index (χ2v) is 7.44. The summed E-state index contributed by atoms with van der Waals surface area (Å²) in [6.45, 7) is 2.59. The normalized spacial score (nSPS) is 11.3. The highest BCUT2D eigenvalue weighted by atomic mass is 79.9. The molecule has 0 bridgehead atoms. The second-order valence-electron chi connectivity index (χ2n) is 4.94. The first kappa shape index (κ1) is 20.6. The van der Waals surface area contributed by atoms with Crippen molar-refractivity contribution in [1.82, 2.24) is 5.32 Å². The van der Waals surface area contributed by atoms with Crippen LogP contribution in [0.25, 0.3) is 0 Å². The lowest BCUT2D eigenvalue weighted by molar-refractivity contribution is -0.117. The predicted molar refractivity (Wildman–Crippen MR) is 104 cm³/mol. The van der Waals surface area contributed by atoms with Crippen molar-refractivity contribution in [2.75, 3.05) is 18.4 Å². The van der Waals surface area contributed by atoms with Crippen LogP contribution in [0.5, 0.6) is 0 Å². The van der Waals surface area contributed by atoms with Crippen LogP contribution in [0.15, 0.2) is 40.2 Å². The molecule has 0 radical (unpaired) electrons. The fraction of sp³-hybridized carbons (Fsp3) is 0.250. The van der Waals surface area contributed by atoms with E-state index in [1.54, 1.807) is 24.3 Å². The van der Waals surface area contributed by atoms with Gasteiger partial charge in [-0.25, -0.2) is 0 Å². The highest BCUT2D eigenvalue weighted by Crippen LogP contribution is 2.29. The van der Waals surface area contributed by atoms with E-state index in [0.29, 0.717) is 24.3 Å². The molecule has 0 aliphatic rings. The largest absolute Gasteiger partial charge is 0.351 e. The Morgan fingerprint density at radius 1 is 1.25 bits per heavy atom. The van der Waals surface area contributed by atoms with Gasteiger partial charge in [0.25, 0.3) is 5.91 Å². The number of carbonyl (C=O) groups is 2. The van der Waals surface area contributed by atoms with Crippen LogP contribution < -0.4 is 16.4 Å². The van der Waals surface area contributed by atoms with E-state index < -0.39 is 0 Å². The fourth-order valence-corrected chi connectivity index (χ4v) is 3.48. The molecule has 5 nitrogen and oxygen atoms in total. The van der Waals surface area contributed by atoms with Crippen LogP contribution in [0.1, 0.15) is 28.1 Å². The minimum atomic E-state index is -0.300. The molecule has 1 aromatic heterocycles. The van der Waals surface area contributed by atoms with Crippen LogP contribution >= 0.6 is 39.7 Å². The second kappa shape index (κ2) is 9.78. The summed E-state index contributed by atoms with van der Waals surface area (Å²) < 4.78 is 0.980. The quantitative estimate of drug-likeness (QED) is 0.654. The first-order valence-electron chi connectivity index (χ1n) is 7.16. The molecule has 4 N–H and O–H groups in total. The Bertz CT molecular complexity index is 708. The summed E-state index contributed by atoms with van der Waals surface area (Å²) in [7, 11) is 0. The highest BCUT2D eigenvalue weighted by Gasteiger charge is 2.19. The topological polar surface area (TPSA) is 84.2 Å². The molecule has 2 amide bonds. The molecule has 0 saturated heterocycles. The third-order valence-electron chi connectivity index (χ3n) is 3.27. The van der Waals surface area contributed by atoms with E-state index in [2.05, 4.69) is 26.6 Å². The summed E-state index contributed by atoms with van der Waals surface area (Å²) in [4.78, 5) is 25.5. The third-order valence-corrected chi connectivity index (χ3v) is 5.08. The van der Waals surface area contributed by atoms with Crippen LogP contribution in [-0.2, 0) is 4.79 Å². The van der Waals surface area contributed by atoms with Crippen molar-refractivity contribution < 1.29 is 9.59 Å². The molecule has 0 saturated carbocycles. The van der Waals surface area contributed by atoms with E-state index in [0.717, 1.165) is 8.66 Å². The molecule has 1 aromatic carbocycles. The number of nitrogens with one attached hydrogen (secondary N) is 2. The van der Waals surface area contributed by atoms with Crippen LogP contribution in [0.4, 0.5) is 5.69 Å². The minimum Gasteiger partial charge on any atom is -0.351 e. The van der Waals surface area contributed by atoms with Crippen molar-refractivity contribution in [3.63, 3.8) is 0 Å². The molecule has 0 aliphatic carbocycles. The highest BCUT2D eigenvalue weighted by molar-refractivity contribution is 9.11. The maximum absolute atomic E-state index is 12.4. The van der Waals surface area contributed by atoms with E-state index in [1.165, 1.54) is 11.3 Å². The predicted octanol–water partition coefficient (Wildman–Crippen LogP) is 3.36. The Kier molecular flexibility index (Phi) is 8.41. The Balaban J connectivity index is 0.00000288. The Morgan fingerprint density at radius 2 is 1.96 bits per heavy atom. The number of hydrogen-bond acceptors (Lipinski definition) is 4. The molecule has 24 heavy (non-hydrogen) atoms. The van der Waals surface area contributed by atoms with Crippen LogP contribution in [0.3, 0.4) is 0 Å². The number of halogens is 2. The molecule has 0 aliphatic heterocycles. The van der Waals surface area contributed by atoms with Gasteiger partial charge in [-0.2, -0.15) is 0 Å². The maximum Gasteiger partial charge on any atom is 0.253 e. The standard InChI is InChI=1S/C16H18BrN3O2S.ClH/c1-10(13-6-7-14(17)23-13)15(21)20-12-5-3-2-4-11(12)16(22)19-9-8-18;/h2-7,10H,8-9,18H2,1H3,(H,19,22)(H,20,21);1H. The third kappa shape index (κ3) is 5.31. The smallest absolute Gasteiger partial charge is 0.253 e. The molecule has 2 aromatic rings. The van der Waals surface area contributed by atoms with Crippen LogP contribution in [0, 0.1) is 0 Å². The van der Waals surface area contributed by atoms with Crippen molar-refractivity contribution in [2.24, 2.45) is 5.73 Å². The summed E-state index contributed by atoms with van der Waals surface area (Å²) >= 11 is 4.91. The monoisotopic (exact) mass is 431 g/mol. The van der Waals surface area contributed by atoms with E-state index in [4.69, 9.17) is 5.73 Å². The van der Waals surface area contributed by atoms with Crippen LogP contribution in [0.2, 0.25) is 0 Å². The van der Waals surface area contributed by atoms with Gasteiger partial charge in [0.2, 0.25) is 5.91 Å². The van der Waals surface area contributed by atoms with Gasteiger partial charge in [0.1, 0.15) is 0 Å². The van der Waals surface area contributed by atoms with Gasteiger partial charge in [-0.05, 0) is 47.1 Å². The lowest BCUT2D eigenvalue weighted by Gasteiger charge is -2.14. The number of anilines is 1. The fourth-order valence-electron chi connectivity index (χ4n) is 2.00. The zero-order valence-corrected chi connectivity index (χ0v) is 16.3. The van der Waals surface area contributed by atoms with Gasteiger partial charge in [0.05, 0.1) is 21.0 Å². The lowest BCUT2D eigenvalue weighted by Crippen LogP contribution is -2.30. The van der Waals surface area contributed by atoms with Crippen molar-refractivity contribution in [3.8, 4) is 0 Å². The molecule has 130 valence electrons. The first-order chi connectivity index (χ1) is 11.0. The SMILES string of the molecule is CC(C(=O)Nc1ccccc1C(=O)NCCN)c1ccc(Br)s1.Cl. The Hall–Kier alpha value is -1.41. The van der Waals surface area contributed by atoms with E-state index in [-0.39, 0.29) is 30.1 Å². The number of hydrogen-bond donors (Lipinski definition) is 3. The molecule has 0 fully saturated rings. The average Bonchev–Trinajstić information content (AvgIpc) is 2.98. The van der Waals surface area contributed by atoms with Gasteiger partial charge < -0.3 is 16.4 Å². The number of thiophene rings is 1. The molecule has 0 spiro atoms. The summed E-state index contributed by atoms with van der Waals surface area (Å²) in [5.41, 5.74) is 6.31. The summed E-state index contributed by atoms with van der Waals surface area (Å²) in [6.07, 6.45) is 0. The number of nitrogens with two attached hydrogens (primary N) is 1. The summed E-state index contributed by atoms with van der Waals surface area (Å²) in [6, 6.07) is 10.8. The average molecular weight is 433 g/mol. The maximum atomic E-state index is 12.4. The number of para-hydroxylation sites is 1. The van der Waals surface area contributed by atoms with Crippen molar-refractivity contribution in [3.05, 3.63) is 50.6 Å². The molecule has 1 atom stereocenters. The van der Waals surface area contributed by atoms with E-state index in [1.807, 2.05) is 19.1 Å². The molecular weight excluding hydrogens is 414 g/mol. The van der Waals surface area contributed by atoms with Gasteiger partial charge in [-0.3, -0.25) is 9.59 Å². The van der Waals surface area contributed by atoms with Gasteiger partial charge in [0.15, 0.2) is 0 Å². The summed E-state index contributed by atoms with van der Waals surface area (Å²) in [5.74, 6) is -0.706. The Morgan fingerprint density at radius 3 is 2.58 bits per heavy atom. The van der Waals surface area contributed by atoms with E-state index >= 15 is 0 Å². The van der Waals surface area contributed by atoms with Gasteiger partial charge in [0, 0.05) is 18.0 Å². The van der Waals surface area contributed by atoms with Crippen molar-refractivity contribution >= 4 is 57.2 Å². The van der Waals surface area contributed by atoms with Crippen molar-refractivity contribution in [1.29, 1.82) is 0 Å². The molecule has 1 heterocycles. The molecule has 8 heteroatoms. The van der Waals surface area contributed by atoms with Gasteiger partial charge in [-0.15, -0.1) is 23.7 Å². The van der Waals surface area contributed by atoms with Gasteiger partial charge >= 0.3 is 0 Å². The number of benzene rings is 1. The van der Waals surface area contributed by atoms with Gasteiger partial charge in [-0.1, -0.05) is 12.1 Å². The zero-order chi connectivity index (χ0) is 16.8. The minimum absolute atomic E-state index is 0.